The van der Waals surface area contributed by atoms with Crippen molar-refractivity contribution in [3.05, 3.63) is 47.7 Å². The van der Waals surface area contributed by atoms with Crippen molar-refractivity contribution >= 4 is 22.9 Å². The third-order valence-corrected chi connectivity index (χ3v) is 4.91. The quantitative estimate of drug-likeness (QED) is 0.461. The van der Waals surface area contributed by atoms with E-state index in [1.807, 2.05) is 41.0 Å². The molecular weight excluding hydrogens is 406 g/mol. The molecule has 0 atom stereocenters. The number of methoxy groups -OCH3 is 2. The molecule has 1 aliphatic rings. The van der Waals surface area contributed by atoms with Gasteiger partial charge in [0.15, 0.2) is 17.1 Å². The van der Waals surface area contributed by atoms with Crippen molar-refractivity contribution in [2.45, 2.75) is 18.9 Å². The van der Waals surface area contributed by atoms with Crippen LogP contribution in [0.25, 0.3) is 28.5 Å². The Hall–Kier alpha value is -3.39. The summed E-state index contributed by atoms with van der Waals surface area (Å²) in [4.78, 5) is 18.1. The summed E-state index contributed by atoms with van der Waals surface area (Å²) in [5.74, 6) is 2.27. The van der Waals surface area contributed by atoms with Crippen molar-refractivity contribution in [1.29, 1.82) is 0 Å². The molecule has 0 amide bonds. The average Bonchev–Trinajstić information content (AvgIpc) is 3.50. The number of hydrogen-bond acceptors (Lipinski definition) is 7. The van der Waals surface area contributed by atoms with Crippen molar-refractivity contribution in [2.75, 3.05) is 14.2 Å². The van der Waals surface area contributed by atoms with Crippen LogP contribution >= 0.6 is 11.6 Å². The Balaban J connectivity index is 1.78. The third-order valence-electron chi connectivity index (χ3n) is 4.73. The number of ether oxygens (including phenoxy) is 3. The Morgan fingerprint density at radius 1 is 0.967 bits per heavy atom. The van der Waals surface area contributed by atoms with Gasteiger partial charge < -0.3 is 14.2 Å². The lowest BCUT2D eigenvalue weighted by Gasteiger charge is -2.16. The molecule has 0 spiro atoms. The van der Waals surface area contributed by atoms with Crippen molar-refractivity contribution < 1.29 is 14.2 Å². The highest BCUT2D eigenvalue weighted by molar-refractivity contribution is 6.29. The van der Waals surface area contributed by atoms with Crippen molar-refractivity contribution in [3.8, 4) is 34.6 Å². The van der Waals surface area contributed by atoms with Gasteiger partial charge in [-0.3, -0.25) is 4.57 Å². The summed E-state index contributed by atoms with van der Waals surface area (Å²) < 4.78 is 18.9. The van der Waals surface area contributed by atoms with Crippen LogP contribution in [0.4, 0.5) is 0 Å². The van der Waals surface area contributed by atoms with E-state index in [0.717, 1.165) is 12.8 Å². The number of pyridine rings is 1. The molecule has 0 unspecified atom stereocenters. The Kier molecular flexibility index (Phi) is 4.63. The molecule has 1 saturated carbocycles. The van der Waals surface area contributed by atoms with Crippen LogP contribution in [-0.2, 0) is 0 Å². The first kappa shape index (κ1) is 18.6. The first-order valence-corrected chi connectivity index (χ1v) is 9.82. The number of nitrogens with zero attached hydrogens (tertiary/aromatic N) is 5. The number of fused-ring (bicyclic) bond motifs is 1. The number of para-hydroxylation sites is 1. The molecule has 0 bridgehead atoms. The van der Waals surface area contributed by atoms with Gasteiger partial charge in [0, 0.05) is 6.07 Å². The summed E-state index contributed by atoms with van der Waals surface area (Å²) in [6, 6.07) is 11.1. The topological polar surface area (TPSA) is 84.2 Å². The molecule has 0 N–H and O–H groups in total. The van der Waals surface area contributed by atoms with Crippen LogP contribution in [0, 0.1) is 0 Å². The molecule has 8 nitrogen and oxygen atoms in total. The van der Waals surface area contributed by atoms with Crippen molar-refractivity contribution in [2.24, 2.45) is 0 Å². The minimum absolute atomic E-state index is 0.239. The monoisotopic (exact) mass is 423 g/mol. The zero-order valence-corrected chi connectivity index (χ0v) is 17.1. The van der Waals surface area contributed by atoms with Gasteiger partial charge in [0.05, 0.1) is 20.4 Å². The van der Waals surface area contributed by atoms with E-state index >= 15 is 0 Å². The lowest BCUT2D eigenvalue weighted by molar-refractivity contribution is 0.291. The normalized spacial score (nSPS) is 13.4. The molecule has 1 fully saturated rings. The molecule has 5 rings (SSSR count). The Labute approximate surface area is 177 Å². The van der Waals surface area contributed by atoms with Gasteiger partial charge in [-0.1, -0.05) is 23.7 Å². The highest BCUT2D eigenvalue weighted by Crippen LogP contribution is 2.38. The summed E-state index contributed by atoms with van der Waals surface area (Å²) in [5.41, 5.74) is 2.15. The van der Waals surface area contributed by atoms with E-state index in [1.54, 1.807) is 14.2 Å². The van der Waals surface area contributed by atoms with Gasteiger partial charge in [-0.2, -0.15) is 0 Å². The lowest BCUT2D eigenvalue weighted by Crippen LogP contribution is -2.05. The van der Waals surface area contributed by atoms with E-state index in [9.17, 15) is 0 Å². The number of hydrogen-bond donors (Lipinski definition) is 0. The summed E-state index contributed by atoms with van der Waals surface area (Å²) in [5, 5.41) is 0.254. The van der Waals surface area contributed by atoms with E-state index in [4.69, 9.17) is 25.8 Å². The van der Waals surface area contributed by atoms with Gasteiger partial charge in [-0.05, 0) is 31.0 Å². The van der Waals surface area contributed by atoms with E-state index in [2.05, 4.69) is 19.9 Å². The third kappa shape index (κ3) is 3.29. The van der Waals surface area contributed by atoms with Gasteiger partial charge >= 0.3 is 0 Å². The predicted octanol–water partition coefficient (Wildman–Crippen LogP) is 4.09. The molecular formula is C21H18ClN5O3. The SMILES string of the molecule is COc1cccc(OC)c1-n1c(-c2cccc(OC3CC3)n2)nc2nc(Cl)cnc21. The molecule has 1 aliphatic carbocycles. The molecule has 0 radical (unpaired) electrons. The van der Waals surface area contributed by atoms with Crippen LogP contribution in [0.1, 0.15) is 12.8 Å². The number of aromatic nitrogens is 5. The van der Waals surface area contributed by atoms with Gasteiger partial charge in [0.2, 0.25) is 5.88 Å². The second-order valence-electron chi connectivity index (χ2n) is 6.80. The van der Waals surface area contributed by atoms with Crippen LogP contribution in [0.3, 0.4) is 0 Å². The van der Waals surface area contributed by atoms with E-state index in [0.29, 0.717) is 45.9 Å². The lowest BCUT2D eigenvalue weighted by atomic mass is 10.2. The van der Waals surface area contributed by atoms with Crippen LogP contribution in [0.15, 0.2) is 42.6 Å². The summed E-state index contributed by atoms with van der Waals surface area (Å²) >= 11 is 6.07. The number of imidazole rings is 1. The van der Waals surface area contributed by atoms with Crippen LogP contribution in [-0.4, -0.2) is 44.8 Å². The highest BCUT2D eigenvalue weighted by Gasteiger charge is 2.26. The fraction of sp³-hybridized carbons (Fsp3) is 0.238. The fourth-order valence-electron chi connectivity index (χ4n) is 3.23. The Morgan fingerprint density at radius 2 is 1.70 bits per heavy atom. The highest BCUT2D eigenvalue weighted by atomic mass is 35.5. The van der Waals surface area contributed by atoms with Gasteiger partial charge in [0.25, 0.3) is 0 Å². The second kappa shape index (κ2) is 7.46. The Morgan fingerprint density at radius 3 is 2.40 bits per heavy atom. The molecule has 0 saturated heterocycles. The molecule has 9 heteroatoms. The predicted molar refractivity (Wildman–Crippen MR) is 112 cm³/mol. The second-order valence-corrected chi connectivity index (χ2v) is 7.19. The molecule has 4 aromatic rings. The zero-order valence-electron chi connectivity index (χ0n) is 16.4. The van der Waals surface area contributed by atoms with E-state index < -0.39 is 0 Å². The van der Waals surface area contributed by atoms with Gasteiger partial charge in [-0.25, -0.2) is 19.9 Å². The number of benzene rings is 1. The first-order chi connectivity index (χ1) is 14.7. The van der Waals surface area contributed by atoms with Crippen molar-refractivity contribution in [1.82, 2.24) is 24.5 Å². The summed E-state index contributed by atoms with van der Waals surface area (Å²) in [6.45, 7) is 0. The standard InChI is InChI=1S/C21H18ClN5O3/c1-28-14-6-4-7-15(29-2)18(14)27-20(26-19-21(27)23-11-16(22)25-19)13-5-3-8-17(24-13)30-12-9-10-12/h3-8,11-12H,9-10H2,1-2H3. The number of rotatable bonds is 6. The smallest absolute Gasteiger partial charge is 0.214 e. The maximum absolute atomic E-state index is 6.07. The van der Waals surface area contributed by atoms with E-state index in [-0.39, 0.29) is 11.3 Å². The first-order valence-electron chi connectivity index (χ1n) is 9.44. The van der Waals surface area contributed by atoms with Crippen LogP contribution < -0.4 is 14.2 Å². The van der Waals surface area contributed by atoms with Gasteiger partial charge in [-0.15, -0.1) is 0 Å². The summed E-state index contributed by atoms with van der Waals surface area (Å²) in [6.07, 6.45) is 3.82. The number of halogens is 1. The maximum atomic E-state index is 6.07. The molecule has 1 aromatic carbocycles. The molecule has 3 heterocycles. The van der Waals surface area contributed by atoms with Crippen molar-refractivity contribution in [3.63, 3.8) is 0 Å². The summed E-state index contributed by atoms with van der Waals surface area (Å²) in [7, 11) is 3.20. The minimum Gasteiger partial charge on any atom is -0.494 e. The maximum Gasteiger partial charge on any atom is 0.214 e. The Bertz CT molecular complexity index is 1220. The molecule has 0 aliphatic heterocycles. The molecule has 30 heavy (non-hydrogen) atoms. The molecule has 3 aromatic heterocycles. The van der Waals surface area contributed by atoms with Crippen LogP contribution in [0.2, 0.25) is 5.15 Å². The van der Waals surface area contributed by atoms with E-state index in [1.165, 1.54) is 6.20 Å². The minimum atomic E-state index is 0.239. The molecule has 152 valence electrons. The largest absolute Gasteiger partial charge is 0.494 e. The van der Waals surface area contributed by atoms with Crippen LogP contribution in [0.5, 0.6) is 17.4 Å². The van der Waals surface area contributed by atoms with Gasteiger partial charge in [0.1, 0.15) is 34.1 Å². The average molecular weight is 424 g/mol. The fourth-order valence-corrected chi connectivity index (χ4v) is 3.36. The zero-order chi connectivity index (χ0) is 20.7.